The lowest BCUT2D eigenvalue weighted by Gasteiger charge is -2.40. The predicted octanol–water partition coefficient (Wildman–Crippen LogP) is 23.8. The van der Waals surface area contributed by atoms with Gasteiger partial charge in [0, 0.05) is 12.8 Å². The van der Waals surface area contributed by atoms with Crippen LogP contribution in [0.5, 0.6) is 0 Å². The standard InChI is InChI=1S/C87H163NO10/c1-3-5-7-9-11-13-15-17-18-19-44-47-51-55-59-63-67-71-75-83(92)96-76-72-68-64-60-56-52-48-45-42-40-38-36-34-32-30-28-26-24-22-20-21-23-25-27-29-31-33-35-37-39-41-43-46-50-54-58-62-66-70-74-82(91)88-79(78-97-87-86(95)85(94)84(93)81(77-89)98-87)80(90)73-69-65-61-57-53-49-16-14-12-10-8-6-4-2/h13,15,18-21,69,73,79-81,84-87,89-90,93-95H,3-12,14,16-17,22-68,70-72,74-78H2,1-2H3,(H,88,91)/b15-13-,19-18-,21-20-,73-69+. The fourth-order valence-corrected chi connectivity index (χ4v) is 13.7. The van der Waals surface area contributed by atoms with Crippen molar-refractivity contribution in [3.8, 4) is 0 Å². The van der Waals surface area contributed by atoms with E-state index >= 15 is 0 Å². The minimum absolute atomic E-state index is 0.00998. The van der Waals surface area contributed by atoms with Crippen molar-refractivity contribution in [2.24, 2.45) is 0 Å². The van der Waals surface area contributed by atoms with Crippen LogP contribution in [0.1, 0.15) is 431 Å². The molecule has 0 aromatic heterocycles. The smallest absolute Gasteiger partial charge is 0.305 e. The lowest BCUT2D eigenvalue weighted by atomic mass is 9.99. The van der Waals surface area contributed by atoms with Crippen LogP contribution in [0.2, 0.25) is 0 Å². The third kappa shape index (κ3) is 63.3. The Kier molecular flexibility index (Phi) is 72.4. The molecule has 0 saturated carbocycles. The molecule has 11 heteroatoms. The van der Waals surface area contributed by atoms with Crippen molar-refractivity contribution in [3.05, 3.63) is 48.6 Å². The van der Waals surface area contributed by atoms with E-state index in [1.165, 1.54) is 340 Å². The third-order valence-electron chi connectivity index (χ3n) is 20.4. The van der Waals surface area contributed by atoms with Gasteiger partial charge in [-0.3, -0.25) is 9.59 Å². The van der Waals surface area contributed by atoms with Gasteiger partial charge < -0.3 is 45.1 Å². The summed E-state index contributed by atoms with van der Waals surface area (Å²) in [5.41, 5.74) is 0. The topological polar surface area (TPSA) is 175 Å². The molecule has 11 nitrogen and oxygen atoms in total. The number of allylic oxidation sites excluding steroid dienone is 7. The minimum atomic E-state index is -1.57. The lowest BCUT2D eigenvalue weighted by molar-refractivity contribution is -0.302. The van der Waals surface area contributed by atoms with E-state index in [1.807, 2.05) is 6.08 Å². The Morgan fingerprint density at radius 3 is 1.05 bits per heavy atom. The van der Waals surface area contributed by atoms with Crippen LogP contribution in [0, 0.1) is 0 Å². The average Bonchev–Trinajstić information content (AvgIpc) is 0.825. The summed E-state index contributed by atoms with van der Waals surface area (Å²) in [7, 11) is 0. The lowest BCUT2D eigenvalue weighted by Crippen LogP contribution is -2.60. The second kappa shape index (κ2) is 75.8. The Labute approximate surface area is 606 Å². The maximum absolute atomic E-state index is 13.1. The van der Waals surface area contributed by atoms with E-state index in [0.29, 0.717) is 19.4 Å². The van der Waals surface area contributed by atoms with Crippen molar-refractivity contribution in [2.45, 2.75) is 474 Å². The molecule has 1 aliphatic heterocycles. The summed E-state index contributed by atoms with van der Waals surface area (Å²) in [6.45, 7) is 4.38. The average molecular weight is 1380 g/mol. The molecular formula is C87H163NO10. The zero-order chi connectivity index (χ0) is 70.8. The van der Waals surface area contributed by atoms with E-state index in [9.17, 15) is 35.1 Å². The molecule has 0 bridgehead atoms. The highest BCUT2D eigenvalue weighted by Crippen LogP contribution is 2.24. The van der Waals surface area contributed by atoms with Crippen molar-refractivity contribution in [3.63, 3.8) is 0 Å². The van der Waals surface area contributed by atoms with Gasteiger partial charge in [0.2, 0.25) is 5.91 Å². The maximum Gasteiger partial charge on any atom is 0.305 e. The van der Waals surface area contributed by atoms with E-state index in [1.54, 1.807) is 6.08 Å². The van der Waals surface area contributed by atoms with Gasteiger partial charge in [0.05, 0.1) is 32.0 Å². The first-order chi connectivity index (χ1) is 48.2. The first-order valence-corrected chi connectivity index (χ1v) is 42.9. The number of ether oxygens (including phenoxy) is 3. The van der Waals surface area contributed by atoms with Gasteiger partial charge in [-0.15, -0.1) is 0 Å². The summed E-state index contributed by atoms with van der Waals surface area (Å²) < 4.78 is 16.8. The van der Waals surface area contributed by atoms with Crippen molar-refractivity contribution in [1.82, 2.24) is 5.32 Å². The molecule has 6 N–H and O–H groups in total. The van der Waals surface area contributed by atoms with Crippen LogP contribution in [-0.4, -0.2) is 100 Å². The summed E-state index contributed by atoms with van der Waals surface area (Å²) in [6, 6.07) is -0.807. The molecule has 7 unspecified atom stereocenters. The number of amides is 1. The summed E-state index contributed by atoms with van der Waals surface area (Å²) in [5.74, 6) is -0.165. The number of aliphatic hydroxyl groups is 5. The first kappa shape index (κ1) is 93.6. The molecule has 7 atom stereocenters. The Morgan fingerprint density at radius 1 is 0.378 bits per heavy atom. The van der Waals surface area contributed by atoms with Gasteiger partial charge in [0.1, 0.15) is 24.4 Å². The highest BCUT2D eigenvalue weighted by atomic mass is 16.7. The summed E-state index contributed by atoms with van der Waals surface area (Å²) in [4.78, 5) is 25.2. The summed E-state index contributed by atoms with van der Waals surface area (Å²) in [6.07, 6.45) is 91.6. The fourth-order valence-electron chi connectivity index (χ4n) is 13.7. The number of carbonyl (C=O) groups is 2. The Bertz CT molecular complexity index is 1770. The molecule has 0 radical (unpaired) electrons. The molecule has 576 valence electrons. The second-order valence-corrected chi connectivity index (χ2v) is 29.9. The second-order valence-electron chi connectivity index (χ2n) is 29.9. The van der Waals surface area contributed by atoms with Crippen molar-refractivity contribution < 1.29 is 49.3 Å². The molecule has 0 aromatic carbocycles. The fraction of sp³-hybridized carbons (Fsp3) is 0.885. The van der Waals surface area contributed by atoms with E-state index in [-0.39, 0.29) is 18.5 Å². The highest BCUT2D eigenvalue weighted by molar-refractivity contribution is 5.76. The predicted molar refractivity (Wildman–Crippen MR) is 417 cm³/mol. The van der Waals surface area contributed by atoms with Gasteiger partial charge in [0.15, 0.2) is 6.29 Å². The zero-order valence-corrected chi connectivity index (χ0v) is 64.5. The van der Waals surface area contributed by atoms with Gasteiger partial charge in [0.25, 0.3) is 0 Å². The Balaban J connectivity index is 1.87. The number of rotatable bonds is 77. The van der Waals surface area contributed by atoms with Crippen LogP contribution >= 0.6 is 0 Å². The monoisotopic (exact) mass is 1380 g/mol. The summed E-state index contributed by atoms with van der Waals surface area (Å²) in [5, 5.41) is 54.6. The van der Waals surface area contributed by atoms with Crippen LogP contribution in [0.4, 0.5) is 0 Å². The van der Waals surface area contributed by atoms with Gasteiger partial charge in [-0.1, -0.05) is 377 Å². The Hall–Kier alpha value is -2.38. The summed E-state index contributed by atoms with van der Waals surface area (Å²) >= 11 is 0. The molecule has 1 rings (SSSR count). The zero-order valence-electron chi connectivity index (χ0n) is 64.5. The van der Waals surface area contributed by atoms with Crippen LogP contribution in [0.3, 0.4) is 0 Å². The van der Waals surface area contributed by atoms with E-state index < -0.39 is 49.5 Å². The third-order valence-corrected chi connectivity index (χ3v) is 20.4. The van der Waals surface area contributed by atoms with E-state index in [2.05, 4.69) is 55.6 Å². The van der Waals surface area contributed by atoms with Gasteiger partial charge in [-0.05, 0) is 89.9 Å². The molecule has 98 heavy (non-hydrogen) atoms. The molecule has 1 amide bonds. The first-order valence-electron chi connectivity index (χ1n) is 42.9. The van der Waals surface area contributed by atoms with Crippen molar-refractivity contribution in [2.75, 3.05) is 19.8 Å². The molecule has 1 heterocycles. The van der Waals surface area contributed by atoms with Gasteiger partial charge in [-0.25, -0.2) is 0 Å². The molecule has 0 aromatic rings. The number of hydrogen-bond donors (Lipinski definition) is 6. The van der Waals surface area contributed by atoms with Gasteiger partial charge >= 0.3 is 5.97 Å². The van der Waals surface area contributed by atoms with Crippen LogP contribution in [0.15, 0.2) is 48.6 Å². The number of unbranched alkanes of at least 4 members (excludes halogenated alkanes) is 57. The number of carbonyl (C=O) groups excluding carboxylic acids is 2. The van der Waals surface area contributed by atoms with Crippen molar-refractivity contribution >= 4 is 11.9 Å². The van der Waals surface area contributed by atoms with Crippen molar-refractivity contribution in [1.29, 1.82) is 0 Å². The molecule has 1 saturated heterocycles. The Morgan fingerprint density at radius 2 is 0.684 bits per heavy atom. The largest absolute Gasteiger partial charge is 0.466 e. The quantitative estimate of drug-likeness (QED) is 0.0195. The highest BCUT2D eigenvalue weighted by Gasteiger charge is 2.44. The molecule has 0 spiro atoms. The van der Waals surface area contributed by atoms with E-state index in [4.69, 9.17) is 14.2 Å². The number of nitrogens with one attached hydrogen (secondary N) is 1. The maximum atomic E-state index is 13.1. The number of aliphatic hydroxyl groups excluding tert-OH is 5. The number of hydrogen-bond acceptors (Lipinski definition) is 10. The van der Waals surface area contributed by atoms with Crippen LogP contribution in [0.25, 0.3) is 0 Å². The van der Waals surface area contributed by atoms with Gasteiger partial charge in [-0.2, -0.15) is 0 Å². The molecule has 0 aliphatic carbocycles. The molecule has 1 aliphatic rings. The number of esters is 1. The van der Waals surface area contributed by atoms with Crippen LogP contribution in [-0.2, 0) is 23.8 Å². The SMILES string of the molecule is CCCCCC/C=C\C/C=C\CCCCCCCCCC(=O)OCCCCCCCCCCCCCCCCCCCC/C=C\CCCCCCCCCCCCCCCCCCCC(=O)NC(COC1OC(CO)C(O)C(O)C1O)C(O)/C=C/CCCCCCCCCCCCC. The minimum Gasteiger partial charge on any atom is -0.466 e. The van der Waals surface area contributed by atoms with E-state index in [0.717, 1.165) is 64.2 Å². The van der Waals surface area contributed by atoms with Crippen LogP contribution < -0.4 is 5.32 Å². The normalized spacial score (nSPS) is 17.4. The molecular weight excluding hydrogens is 1220 g/mol. The molecule has 1 fully saturated rings.